The highest BCUT2D eigenvalue weighted by molar-refractivity contribution is 5.17. The third-order valence-corrected chi connectivity index (χ3v) is 4.31. The van der Waals surface area contributed by atoms with E-state index >= 15 is 0 Å². The largest absolute Gasteiger partial charge is 0.388 e. The van der Waals surface area contributed by atoms with Crippen molar-refractivity contribution in [3.8, 4) is 0 Å². The van der Waals surface area contributed by atoms with Crippen LogP contribution >= 0.6 is 0 Å². The minimum absolute atomic E-state index is 0.127. The number of allylic oxidation sites excluding steroid dienone is 1. The molecule has 2 rings (SSSR count). The molecule has 0 saturated heterocycles. The van der Waals surface area contributed by atoms with Crippen LogP contribution in [0, 0.1) is 5.41 Å². The van der Waals surface area contributed by atoms with E-state index in [0.29, 0.717) is 0 Å². The van der Waals surface area contributed by atoms with Crippen LogP contribution in [0.4, 0.5) is 0 Å². The summed E-state index contributed by atoms with van der Waals surface area (Å²) in [6.45, 7) is 2.24. The molecule has 0 radical (unpaired) electrons. The van der Waals surface area contributed by atoms with Crippen LogP contribution < -0.4 is 0 Å². The fraction of sp³-hybridized carbons (Fsp3) is 0.846. The second-order valence-electron chi connectivity index (χ2n) is 5.00. The highest BCUT2D eigenvalue weighted by Crippen LogP contribution is 2.47. The van der Waals surface area contributed by atoms with Crippen molar-refractivity contribution in [3.63, 3.8) is 0 Å². The molecule has 0 aromatic carbocycles. The maximum atomic E-state index is 10.4. The van der Waals surface area contributed by atoms with Gasteiger partial charge in [-0.2, -0.15) is 0 Å². The first-order valence-corrected chi connectivity index (χ1v) is 6.15. The summed E-state index contributed by atoms with van der Waals surface area (Å²) in [4.78, 5) is 0. The Kier molecular flexibility index (Phi) is 2.96. The van der Waals surface area contributed by atoms with E-state index in [1.807, 2.05) is 0 Å². The lowest BCUT2D eigenvalue weighted by molar-refractivity contribution is 0.0518. The van der Waals surface area contributed by atoms with Gasteiger partial charge in [-0.3, -0.25) is 0 Å². The molecular formula is C13H22O. The van der Waals surface area contributed by atoms with Crippen molar-refractivity contribution in [2.24, 2.45) is 5.41 Å². The maximum Gasteiger partial charge on any atom is 0.0806 e. The third kappa shape index (κ3) is 1.63. The lowest BCUT2D eigenvalue weighted by Crippen LogP contribution is -2.33. The van der Waals surface area contributed by atoms with Crippen LogP contribution in [-0.4, -0.2) is 11.2 Å². The van der Waals surface area contributed by atoms with Crippen LogP contribution in [0.15, 0.2) is 11.6 Å². The predicted molar refractivity (Wildman–Crippen MR) is 59.1 cm³/mol. The van der Waals surface area contributed by atoms with Crippen molar-refractivity contribution in [2.45, 2.75) is 64.4 Å². The van der Waals surface area contributed by atoms with Crippen molar-refractivity contribution in [3.05, 3.63) is 11.6 Å². The van der Waals surface area contributed by atoms with E-state index in [0.717, 1.165) is 12.8 Å². The molecule has 0 aromatic rings. The summed E-state index contributed by atoms with van der Waals surface area (Å²) in [5.41, 5.74) is 1.59. The molecule has 0 aromatic heterocycles. The Labute approximate surface area is 87.2 Å². The molecule has 0 heterocycles. The molecule has 80 valence electrons. The van der Waals surface area contributed by atoms with Gasteiger partial charge >= 0.3 is 0 Å². The number of hydrogen-bond acceptors (Lipinski definition) is 1. The summed E-state index contributed by atoms with van der Waals surface area (Å²) >= 11 is 0. The Bertz CT molecular complexity index is 223. The number of rotatable bonds is 3. The molecule has 1 atom stereocenters. The lowest BCUT2D eigenvalue weighted by Gasteiger charge is -2.34. The molecule has 0 spiro atoms. The SMILES string of the molecule is CCC1(C(O)C2=CCCC2)CCCC1. The van der Waals surface area contributed by atoms with Gasteiger partial charge in [-0.25, -0.2) is 0 Å². The van der Waals surface area contributed by atoms with Gasteiger partial charge in [0.25, 0.3) is 0 Å². The molecular weight excluding hydrogens is 172 g/mol. The van der Waals surface area contributed by atoms with Gasteiger partial charge in [0, 0.05) is 0 Å². The zero-order valence-corrected chi connectivity index (χ0v) is 9.26. The van der Waals surface area contributed by atoms with Gasteiger partial charge in [0.2, 0.25) is 0 Å². The fourth-order valence-corrected chi connectivity index (χ4v) is 3.24. The summed E-state index contributed by atoms with van der Waals surface area (Å²) in [5, 5.41) is 10.4. The summed E-state index contributed by atoms with van der Waals surface area (Å²) < 4.78 is 0. The van der Waals surface area contributed by atoms with Crippen LogP contribution in [0.3, 0.4) is 0 Å². The van der Waals surface area contributed by atoms with E-state index in [4.69, 9.17) is 0 Å². The minimum atomic E-state index is -0.127. The van der Waals surface area contributed by atoms with Crippen LogP contribution in [-0.2, 0) is 0 Å². The molecule has 0 aliphatic heterocycles. The first-order chi connectivity index (χ1) is 6.78. The van der Waals surface area contributed by atoms with Gasteiger partial charge in [-0.1, -0.05) is 25.8 Å². The first kappa shape index (κ1) is 10.2. The van der Waals surface area contributed by atoms with Gasteiger partial charge in [-0.15, -0.1) is 0 Å². The quantitative estimate of drug-likeness (QED) is 0.682. The Hall–Kier alpha value is -0.300. The molecule has 2 aliphatic carbocycles. The highest BCUT2D eigenvalue weighted by Gasteiger charge is 2.40. The van der Waals surface area contributed by atoms with E-state index in [2.05, 4.69) is 13.0 Å². The lowest BCUT2D eigenvalue weighted by atomic mass is 9.75. The molecule has 14 heavy (non-hydrogen) atoms. The van der Waals surface area contributed by atoms with Crippen LogP contribution in [0.25, 0.3) is 0 Å². The number of hydrogen-bond donors (Lipinski definition) is 1. The van der Waals surface area contributed by atoms with Gasteiger partial charge < -0.3 is 5.11 Å². The van der Waals surface area contributed by atoms with E-state index < -0.39 is 0 Å². The molecule has 0 bridgehead atoms. The topological polar surface area (TPSA) is 20.2 Å². The van der Waals surface area contributed by atoms with Crippen LogP contribution in [0.1, 0.15) is 58.3 Å². The van der Waals surface area contributed by atoms with Gasteiger partial charge in [0.05, 0.1) is 6.10 Å². The van der Waals surface area contributed by atoms with Crippen molar-refractivity contribution in [2.75, 3.05) is 0 Å². The second kappa shape index (κ2) is 4.06. The molecule has 1 fully saturated rings. The zero-order valence-electron chi connectivity index (χ0n) is 9.26. The summed E-state index contributed by atoms with van der Waals surface area (Å²) in [6.07, 6.45) is 12.0. The normalized spacial score (nSPS) is 27.7. The predicted octanol–water partition coefficient (Wildman–Crippen LogP) is 3.43. The Morgan fingerprint density at radius 2 is 2.07 bits per heavy atom. The molecule has 0 amide bonds. The molecule has 1 heteroatoms. The molecule has 1 nitrogen and oxygen atoms in total. The number of aliphatic hydroxyl groups excluding tert-OH is 1. The minimum Gasteiger partial charge on any atom is -0.388 e. The van der Waals surface area contributed by atoms with E-state index in [9.17, 15) is 5.11 Å². The average molecular weight is 194 g/mol. The smallest absolute Gasteiger partial charge is 0.0806 e. The molecule has 1 saturated carbocycles. The first-order valence-electron chi connectivity index (χ1n) is 6.15. The molecule has 2 aliphatic rings. The zero-order chi connectivity index (χ0) is 10.0. The second-order valence-corrected chi connectivity index (χ2v) is 5.00. The number of aliphatic hydroxyl groups is 1. The monoisotopic (exact) mass is 194 g/mol. The van der Waals surface area contributed by atoms with Crippen molar-refractivity contribution in [1.29, 1.82) is 0 Å². The molecule has 1 N–H and O–H groups in total. The highest BCUT2D eigenvalue weighted by atomic mass is 16.3. The Morgan fingerprint density at radius 3 is 2.57 bits per heavy atom. The van der Waals surface area contributed by atoms with E-state index in [-0.39, 0.29) is 11.5 Å². The van der Waals surface area contributed by atoms with Gasteiger partial charge in [0.1, 0.15) is 0 Å². The average Bonchev–Trinajstić information content (AvgIpc) is 2.89. The van der Waals surface area contributed by atoms with E-state index in [1.165, 1.54) is 44.1 Å². The van der Waals surface area contributed by atoms with Crippen LogP contribution in [0.2, 0.25) is 0 Å². The van der Waals surface area contributed by atoms with Crippen LogP contribution in [0.5, 0.6) is 0 Å². The summed E-state index contributed by atoms with van der Waals surface area (Å²) in [5.74, 6) is 0. The van der Waals surface area contributed by atoms with Gasteiger partial charge in [-0.05, 0) is 49.5 Å². The maximum absolute atomic E-state index is 10.4. The van der Waals surface area contributed by atoms with E-state index in [1.54, 1.807) is 0 Å². The van der Waals surface area contributed by atoms with Crippen molar-refractivity contribution < 1.29 is 5.11 Å². The fourth-order valence-electron chi connectivity index (χ4n) is 3.24. The van der Waals surface area contributed by atoms with Gasteiger partial charge in [0.15, 0.2) is 0 Å². The Balaban J connectivity index is 2.10. The van der Waals surface area contributed by atoms with Crippen molar-refractivity contribution in [1.82, 2.24) is 0 Å². The summed E-state index contributed by atoms with van der Waals surface area (Å²) in [7, 11) is 0. The molecule has 1 unspecified atom stereocenters. The summed E-state index contributed by atoms with van der Waals surface area (Å²) in [6, 6.07) is 0. The standard InChI is InChI=1S/C13H22O/c1-2-13(9-5-6-10-13)12(14)11-7-3-4-8-11/h7,12,14H,2-6,8-10H2,1H3. The Morgan fingerprint density at radius 1 is 1.36 bits per heavy atom. The van der Waals surface area contributed by atoms with Crippen molar-refractivity contribution >= 4 is 0 Å². The third-order valence-electron chi connectivity index (χ3n) is 4.31.